The Balaban J connectivity index is 2.48. The molecule has 0 aromatic heterocycles. The van der Waals surface area contributed by atoms with Gasteiger partial charge in [0.1, 0.15) is 0 Å². The minimum absolute atomic E-state index is 0.634. The molecule has 0 radical (unpaired) electrons. The zero-order valence-corrected chi connectivity index (χ0v) is 10.4. The predicted octanol–water partition coefficient (Wildman–Crippen LogP) is 1.80. The van der Waals surface area contributed by atoms with Crippen molar-refractivity contribution in [2.24, 2.45) is 11.7 Å². The van der Waals surface area contributed by atoms with Crippen LogP contribution in [-0.4, -0.2) is 42.1 Å². The number of hydrogen-bond acceptors (Lipinski definition) is 3. The number of rotatable bonds is 6. The van der Waals surface area contributed by atoms with E-state index in [9.17, 15) is 0 Å². The first-order valence-corrected chi connectivity index (χ1v) is 7.00. The molecule has 0 amide bonds. The summed E-state index contributed by atoms with van der Waals surface area (Å²) in [4.78, 5) is 2.57. The van der Waals surface area contributed by atoms with E-state index in [1.54, 1.807) is 0 Å². The molecule has 0 aliphatic carbocycles. The van der Waals surface area contributed by atoms with Crippen molar-refractivity contribution in [3.05, 3.63) is 0 Å². The zero-order chi connectivity index (χ0) is 10.4. The maximum atomic E-state index is 5.91. The highest BCUT2D eigenvalue weighted by Gasteiger charge is 2.27. The standard InChI is InChI=1S/C11H24N2S/c1-3-6-13(4-2)11(8-12)10-5-7-14-9-10/h10-11H,3-9,12H2,1-2H3. The van der Waals surface area contributed by atoms with E-state index in [0.29, 0.717) is 6.04 Å². The third kappa shape index (κ3) is 3.14. The van der Waals surface area contributed by atoms with Gasteiger partial charge < -0.3 is 5.73 Å². The van der Waals surface area contributed by atoms with Gasteiger partial charge in [-0.1, -0.05) is 13.8 Å². The summed E-state index contributed by atoms with van der Waals surface area (Å²) in [5, 5.41) is 0. The van der Waals surface area contributed by atoms with Crippen molar-refractivity contribution >= 4 is 11.8 Å². The highest BCUT2D eigenvalue weighted by molar-refractivity contribution is 7.99. The van der Waals surface area contributed by atoms with Crippen LogP contribution < -0.4 is 5.73 Å². The van der Waals surface area contributed by atoms with Gasteiger partial charge in [-0.05, 0) is 43.4 Å². The van der Waals surface area contributed by atoms with Gasteiger partial charge in [0.2, 0.25) is 0 Å². The fourth-order valence-electron chi connectivity index (χ4n) is 2.34. The summed E-state index contributed by atoms with van der Waals surface area (Å²) >= 11 is 2.09. The lowest BCUT2D eigenvalue weighted by atomic mass is 9.97. The summed E-state index contributed by atoms with van der Waals surface area (Å²) < 4.78 is 0. The molecule has 1 saturated heterocycles. The van der Waals surface area contributed by atoms with Gasteiger partial charge in [0.15, 0.2) is 0 Å². The average molecular weight is 216 g/mol. The molecular formula is C11H24N2S. The molecule has 3 heteroatoms. The molecule has 1 aliphatic heterocycles. The van der Waals surface area contributed by atoms with E-state index in [0.717, 1.165) is 19.0 Å². The zero-order valence-electron chi connectivity index (χ0n) is 9.54. The second-order valence-electron chi connectivity index (χ2n) is 4.06. The Morgan fingerprint density at radius 1 is 1.50 bits per heavy atom. The lowest BCUT2D eigenvalue weighted by molar-refractivity contribution is 0.163. The second kappa shape index (κ2) is 6.70. The van der Waals surface area contributed by atoms with Crippen LogP contribution in [0.1, 0.15) is 26.7 Å². The van der Waals surface area contributed by atoms with Crippen molar-refractivity contribution in [3.8, 4) is 0 Å². The van der Waals surface area contributed by atoms with Crippen LogP contribution in [0.5, 0.6) is 0 Å². The molecule has 1 fully saturated rings. The molecule has 1 rings (SSSR count). The Kier molecular flexibility index (Phi) is 5.90. The van der Waals surface area contributed by atoms with Crippen LogP contribution in [0, 0.1) is 5.92 Å². The van der Waals surface area contributed by atoms with Gasteiger partial charge >= 0.3 is 0 Å². The molecule has 1 aliphatic rings. The normalized spacial score (nSPS) is 24.4. The molecule has 0 spiro atoms. The molecule has 0 aromatic carbocycles. The Morgan fingerprint density at radius 3 is 2.71 bits per heavy atom. The van der Waals surface area contributed by atoms with Crippen LogP contribution in [0.4, 0.5) is 0 Å². The van der Waals surface area contributed by atoms with E-state index in [-0.39, 0.29) is 0 Å². The Hall–Kier alpha value is 0.270. The highest BCUT2D eigenvalue weighted by atomic mass is 32.2. The second-order valence-corrected chi connectivity index (χ2v) is 5.21. The van der Waals surface area contributed by atoms with Crippen molar-refractivity contribution < 1.29 is 0 Å². The molecule has 0 saturated carbocycles. The topological polar surface area (TPSA) is 29.3 Å². The largest absolute Gasteiger partial charge is 0.329 e. The van der Waals surface area contributed by atoms with Crippen LogP contribution in [0.2, 0.25) is 0 Å². The van der Waals surface area contributed by atoms with Gasteiger partial charge in [-0.3, -0.25) is 4.90 Å². The smallest absolute Gasteiger partial charge is 0.0254 e. The molecule has 84 valence electrons. The fourth-order valence-corrected chi connectivity index (χ4v) is 3.67. The number of nitrogens with two attached hydrogens (primary N) is 1. The fraction of sp³-hybridized carbons (Fsp3) is 1.00. The van der Waals surface area contributed by atoms with E-state index < -0.39 is 0 Å². The lowest BCUT2D eigenvalue weighted by Gasteiger charge is -2.33. The first-order chi connectivity index (χ1) is 6.83. The third-order valence-corrected chi connectivity index (χ3v) is 4.32. The van der Waals surface area contributed by atoms with Crippen LogP contribution in [0.3, 0.4) is 0 Å². The predicted molar refractivity (Wildman–Crippen MR) is 65.8 cm³/mol. The number of nitrogens with zero attached hydrogens (tertiary/aromatic N) is 1. The van der Waals surface area contributed by atoms with Crippen molar-refractivity contribution in [1.29, 1.82) is 0 Å². The average Bonchev–Trinajstić information content (AvgIpc) is 2.71. The summed E-state index contributed by atoms with van der Waals surface area (Å²) in [6.45, 7) is 7.69. The van der Waals surface area contributed by atoms with Gasteiger partial charge in [0.05, 0.1) is 0 Å². The van der Waals surface area contributed by atoms with E-state index in [1.165, 1.54) is 30.9 Å². The molecule has 1 heterocycles. The van der Waals surface area contributed by atoms with E-state index in [2.05, 4.69) is 30.5 Å². The van der Waals surface area contributed by atoms with Crippen LogP contribution in [0.15, 0.2) is 0 Å². The van der Waals surface area contributed by atoms with E-state index in [4.69, 9.17) is 5.73 Å². The molecule has 2 N–H and O–H groups in total. The Bertz CT molecular complexity index is 146. The third-order valence-electron chi connectivity index (χ3n) is 3.14. The summed E-state index contributed by atoms with van der Waals surface area (Å²) in [5.41, 5.74) is 5.91. The van der Waals surface area contributed by atoms with Crippen LogP contribution >= 0.6 is 11.8 Å². The molecule has 2 unspecified atom stereocenters. The monoisotopic (exact) mass is 216 g/mol. The summed E-state index contributed by atoms with van der Waals surface area (Å²) in [6.07, 6.45) is 2.61. The maximum absolute atomic E-state index is 5.91. The summed E-state index contributed by atoms with van der Waals surface area (Å²) in [7, 11) is 0. The summed E-state index contributed by atoms with van der Waals surface area (Å²) in [6, 6.07) is 0.634. The van der Waals surface area contributed by atoms with Gasteiger partial charge in [0.25, 0.3) is 0 Å². The maximum Gasteiger partial charge on any atom is 0.0254 e. The number of hydrogen-bond donors (Lipinski definition) is 1. The van der Waals surface area contributed by atoms with Gasteiger partial charge in [-0.2, -0.15) is 11.8 Å². The molecule has 2 atom stereocenters. The molecule has 2 nitrogen and oxygen atoms in total. The molecule has 0 bridgehead atoms. The highest BCUT2D eigenvalue weighted by Crippen LogP contribution is 2.28. The Morgan fingerprint density at radius 2 is 2.29 bits per heavy atom. The van der Waals surface area contributed by atoms with E-state index >= 15 is 0 Å². The van der Waals surface area contributed by atoms with Gasteiger partial charge in [-0.15, -0.1) is 0 Å². The first-order valence-electron chi connectivity index (χ1n) is 5.85. The van der Waals surface area contributed by atoms with Crippen LogP contribution in [0.25, 0.3) is 0 Å². The van der Waals surface area contributed by atoms with Crippen LogP contribution in [-0.2, 0) is 0 Å². The van der Waals surface area contributed by atoms with Crippen molar-refractivity contribution in [2.75, 3.05) is 31.1 Å². The van der Waals surface area contributed by atoms with E-state index in [1.807, 2.05) is 0 Å². The van der Waals surface area contributed by atoms with Crippen molar-refractivity contribution in [3.63, 3.8) is 0 Å². The molecular weight excluding hydrogens is 192 g/mol. The van der Waals surface area contributed by atoms with Gasteiger partial charge in [0, 0.05) is 12.6 Å². The van der Waals surface area contributed by atoms with Gasteiger partial charge in [-0.25, -0.2) is 0 Å². The molecule has 0 aromatic rings. The molecule has 14 heavy (non-hydrogen) atoms. The summed E-state index contributed by atoms with van der Waals surface area (Å²) in [5.74, 6) is 3.50. The first kappa shape index (κ1) is 12.3. The Labute approximate surface area is 92.6 Å². The van der Waals surface area contributed by atoms with Crippen molar-refractivity contribution in [2.45, 2.75) is 32.7 Å². The quantitative estimate of drug-likeness (QED) is 0.734. The number of thioether (sulfide) groups is 1. The minimum Gasteiger partial charge on any atom is -0.329 e. The van der Waals surface area contributed by atoms with Crippen molar-refractivity contribution in [1.82, 2.24) is 4.90 Å². The SMILES string of the molecule is CCCN(CC)C(CN)C1CCSC1. The lowest BCUT2D eigenvalue weighted by Crippen LogP contribution is -2.46. The minimum atomic E-state index is 0.634. The number of likely N-dealkylation sites (N-methyl/N-ethyl adjacent to an activating group) is 1.